The van der Waals surface area contributed by atoms with E-state index in [2.05, 4.69) is 17.4 Å². The first-order valence-corrected chi connectivity index (χ1v) is 7.42. The molecule has 0 radical (unpaired) electrons. The topological polar surface area (TPSA) is 30.5 Å². The van der Waals surface area contributed by atoms with Gasteiger partial charge in [0.25, 0.3) is 0 Å². The SMILES string of the molecule is COc1ccc(CNCC2Cc3ccccc3O2)cc1Cl. The zero-order valence-electron chi connectivity index (χ0n) is 11.9. The Morgan fingerprint density at radius 1 is 1.29 bits per heavy atom. The molecule has 1 atom stereocenters. The van der Waals surface area contributed by atoms with Crippen molar-refractivity contribution in [3.8, 4) is 11.5 Å². The molecule has 1 aliphatic rings. The van der Waals surface area contributed by atoms with E-state index in [1.54, 1.807) is 7.11 Å². The van der Waals surface area contributed by atoms with Crippen molar-refractivity contribution >= 4 is 11.6 Å². The minimum Gasteiger partial charge on any atom is -0.495 e. The molecule has 3 nitrogen and oxygen atoms in total. The lowest BCUT2D eigenvalue weighted by molar-refractivity contribution is 0.227. The summed E-state index contributed by atoms with van der Waals surface area (Å²) in [5, 5.41) is 4.06. The molecule has 2 aromatic carbocycles. The van der Waals surface area contributed by atoms with E-state index in [1.807, 2.05) is 30.3 Å². The zero-order valence-corrected chi connectivity index (χ0v) is 12.7. The third-order valence-electron chi connectivity index (χ3n) is 3.63. The molecule has 3 rings (SSSR count). The molecular formula is C17H18ClNO2. The Morgan fingerprint density at radius 2 is 2.14 bits per heavy atom. The Bertz CT molecular complexity index is 605. The van der Waals surface area contributed by atoms with Crippen LogP contribution >= 0.6 is 11.6 Å². The average Bonchev–Trinajstić information content (AvgIpc) is 2.90. The van der Waals surface area contributed by atoms with E-state index >= 15 is 0 Å². The lowest BCUT2D eigenvalue weighted by Gasteiger charge is -2.12. The van der Waals surface area contributed by atoms with Gasteiger partial charge in [-0.15, -0.1) is 0 Å². The van der Waals surface area contributed by atoms with Crippen molar-refractivity contribution in [2.24, 2.45) is 0 Å². The highest BCUT2D eigenvalue weighted by Crippen LogP contribution is 2.28. The van der Waals surface area contributed by atoms with Gasteiger partial charge in [-0.3, -0.25) is 0 Å². The number of benzene rings is 2. The van der Waals surface area contributed by atoms with Gasteiger partial charge in [-0.05, 0) is 29.3 Å². The second-order valence-corrected chi connectivity index (χ2v) is 5.56. The fraction of sp³-hybridized carbons (Fsp3) is 0.294. The molecule has 4 heteroatoms. The van der Waals surface area contributed by atoms with Crippen molar-refractivity contribution in [1.29, 1.82) is 0 Å². The lowest BCUT2D eigenvalue weighted by atomic mass is 10.1. The summed E-state index contributed by atoms with van der Waals surface area (Å²) < 4.78 is 11.0. The van der Waals surface area contributed by atoms with Gasteiger partial charge in [-0.2, -0.15) is 0 Å². The summed E-state index contributed by atoms with van der Waals surface area (Å²) in [7, 11) is 1.62. The van der Waals surface area contributed by atoms with Crippen molar-refractivity contribution in [2.45, 2.75) is 19.1 Å². The van der Waals surface area contributed by atoms with Crippen LogP contribution in [0.25, 0.3) is 0 Å². The van der Waals surface area contributed by atoms with Crippen molar-refractivity contribution in [3.63, 3.8) is 0 Å². The van der Waals surface area contributed by atoms with Gasteiger partial charge in [0.2, 0.25) is 0 Å². The molecule has 21 heavy (non-hydrogen) atoms. The molecule has 0 amide bonds. The van der Waals surface area contributed by atoms with Gasteiger partial charge in [0.15, 0.2) is 0 Å². The number of hydrogen-bond acceptors (Lipinski definition) is 3. The predicted molar refractivity (Wildman–Crippen MR) is 84.3 cm³/mol. The maximum atomic E-state index is 6.12. The number of para-hydroxylation sites is 1. The third-order valence-corrected chi connectivity index (χ3v) is 3.93. The Kier molecular flexibility index (Phi) is 4.32. The largest absolute Gasteiger partial charge is 0.495 e. The van der Waals surface area contributed by atoms with Gasteiger partial charge in [0.05, 0.1) is 12.1 Å². The van der Waals surface area contributed by atoms with Crippen LogP contribution in [0.2, 0.25) is 5.02 Å². The van der Waals surface area contributed by atoms with Gasteiger partial charge in [-0.25, -0.2) is 0 Å². The fourth-order valence-electron chi connectivity index (χ4n) is 2.57. The second-order valence-electron chi connectivity index (χ2n) is 5.15. The molecule has 0 aliphatic carbocycles. The van der Waals surface area contributed by atoms with E-state index in [0.29, 0.717) is 10.8 Å². The second kappa shape index (κ2) is 6.37. The average molecular weight is 304 g/mol. The van der Waals surface area contributed by atoms with Crippen LogP contribution in [0.5, 0.6) is 11.5 Å². The van der Waals surface area contributed by atoms with E-state index in [0.717, 1.165) is 30.8 Å². The molecule has 2 aromatic rings. The monoisotopic (exact) mass is 303 g/mol. The first-order valence-electron chi connectivity index (χ1n) is 7.04. The van der Waals surface area contributed by atoms with Crippen LogP contribution in [-0.4, -0.2) is 19.8 Å². The molecule has 0 spiro atoms. The maximum Gasteiger partial charge on any atom is 0.137 e. The van der Waals surface area contributed by atoms with E-state index in [-0.39, 0.29) is 6.10 Å². The summed E-state index contributed by atoms with van der Waals surface area (Å²) >= 11 is 6.12. The molecule has 1 heterocycles. The number of methoxy groups -OCH3 is 1. The van der Waals surface area contributed by atoms with E-state index in [1.165, 1.54) is 5.56 Å². The third kappa shape index (κ3) is 3.31. The highest BCUT2D eigenvalue weighted by atomic mass is 35.5. The molecule has 1 unspecified atom stereocenters. The van der Waals surface area contributed by atoms with Crippen molar-refractivity contribution in [1.82, 2.24) is 5.32 Å². The van der Waals surface area contributed by atoms with Crippen molar-refractivity contribution in [2.75, 3.05) is 13.7 Å². The van der Waals surface area contributed by atoms with Crippen LogP contribution < -0.4 is 14.8 Å². The van der Waals surface area contributed by atoms with Gasteiger partial charge < -0.3 is 14.8 Å². The van der Waals surface area contributed by atoms with Crippen molar-refractivity contribution in [3.05, 3.63) is 58.6 Å². The van der Waals surface area contributed by atoms with Gasteiger partial charge in [0.1, 0.15) is 17.6 Å². The number of ether oxygens (including phenoxy) is 2. The number of fused-ring (bicyclic) bond motifs is 1. The van der Waals surface area contributed by atoms with Gasteiger partial charge >= 0.3 is 0 Å². The van der Waals surface area contributed by atoms with Crippen LogP contribution in [0.15, 0.2) is 42.5 Å². The first kappa shape index (κ1) is 14.2. The Morgan fingerprint density at radius 3 is 2.90 bits per heavy atom. The lowest BCUT2D eigenvalue weighted by Crippen LogP contribution is -2.29. The highest BCUT2D eigenvalue weighted by molar-refractivity contribution is 6.32. The predicted octanol–water partition coefficient (Wildman–Crippen LogP) is 3.44. The van der Waals surface area contributed by atoms with Crippen LogP contribution in [0, 0.1) is 0 Å². The van der Waals surface area contributed by atoms with Crippen molar-refractivity contribution < 1.29 is 9.47 Å². The van der Waals surface area contributed by atoms with Gasteiger partial charge in [-0.1, -0.05) is 35.9 Å². The molecule has 1 N–H and O–H groups in total. The summed E-state index contributed by atoms with van der Waals surface area (Å²) in [5.41, 5.74) is 2.42. The number of nitrogens with one attached hydrogen (secondary N) is 1. The molecule has 0 aromatic heterocycles. The zero-order chi connectivity index (χ0) is 14.7. The summed E-state index contributed by atoms with van der Waals surface area (Å²) in [6.45, 7) is 1.58. The smallest absolute Gasteiger partial charge is 0.137 e. The summed E-state index contributed by atoms with van der Waals surface area (Å²) in [5.74, 6) is 1.71. The quantitative estimate of drug-likeness (QED) is 0.918. The normalized spacial score (nSPS) is 16.4. The minimum absolute atomic E-state index is 0.205. The Labute approximate surface area is 129 Å². The number of hydrogen-bond donors (Lipinski definition) is 1. The van der Waals surface area contributed by atoms with Gasteiger partial charge in [0, 0.05) is 19.5 Å². The molecule has 1 aliphatic heterocycles. The first-order chi connectivity index (χ1) is 10.3. The molecular weight excluding hydrogens is 286 g/mol. The van der Waals surface area contributed by atoms with Crippen LogP contribution in [-0.2, 0) is 13.0 Å². The Balaban J connectivity index is 1.50. The minimum atomic E-state index is 0.205. The standard InChI is InChI=1S/C17H18ClNO2/c1-20-17-7-6-12(8-15(17)18)10-19-11-14-9-13-4-2-3-5-16(13)21-14/h2-8,14,19H,9-11H2,1H3. The number of rotatable bonds is 5. The molecule has 0 saturated heterocycles. The van der Waals surface area contributed by atoms with Crippen LogP contribution in [0.4, 0.5) is 0 Å². The van der Waals surface area contributed by atoms with E-state index in [9.17, 15) is 0 Å². The molecule has 0 fully saturated rings. The summed E-state index contributed by atoms with van der Waals surface area (Å²) in [6, 6.07) is 14.0. The Hall–Kier alpha value is -1.71. The fourth-order valence-corrected chi connectivity index (χ4v) is 2.85. The molecule has 0 saturated carbocycles. The van der Waals surface area contributed by atoms with Crippen LogP contribution in [0.1, 0.15) is 11.1 Å². The molecule has 0 bridgehead atoms. The highest BCUT2D eigenvalue weighted by Gasteiger charge is 2.21. The number of halogens is 1. The van der Waals surface area contributed by atoms with E-state index in [4.69, 9.17) is 21.1 Å². The maximum absolute atomic E-state index is 6.12. The van der Waals surface area contributed by atoms with E-state index < -0.39 is 0 Å². The molecule has 110 valence electrons. The summed E-state index contributed by atoms with van der Waals surface area (Å²) in [6.07, 6.45) is 1.17. The van der Waals surface area contributed by atoms with Crippen LogP contribution in [0.3, 0.4) is 0 Å². The summed E-state index contributed by atoms with van der Waals surface area (Å²) in [4.78, 5) is 0.